The van der Waals surface area contributed by atoms with Gasteiger partial charge in [-0.3, -0.25) is 9.59 Å². The lowest BCUT2D eigenvalue weighted by Gasteiger charge is -2.15. The number of carbonyl (C=O) groups excluding carboxylic acids is 2. The highest BCUT2D eigenvalue weighted by molar-refractivity contribution is 6.53. The van der Waals surface area contributed by atoms with Crippen molar-refractivity contribution < 1.29 is 27.9 Å². The van der Waals surface area contributed by atoms with Crippen LogP contribution < -0.4 is 10.2 Å². The zero-order chi connectivity index (χ0) is 19.1. The van der Waals surface area contributed by atoms with Gasteiger partial charge in [0.05, 0.1) is 11.3 Å². The number of aromatic hydroxyl groups is 1. The smallest absolute Gasteiger partial charge is 0.416 e. The quantitative estimate of drug-likeness (QED) is 0.791. The van der Waals surface area contributed by atoms with Crippen LogP contribution in [-0.4, -0.2) is 16.9 Å². The maximum Gasteiger partial charge on any atom is 0.416 e. The summed E-state index contributed by atoms with van der Waals surface area (Å²) in [6, 6.07) is 9.39. The number of anilines is 2. The number of carbonyl (C=O) groups is 2. The number of imide groups is 1. The van der Waals surface area contributed by atoms with Gasteiger partial charge in [-0.25, -0.2) is 4.90 Å². The number of alkyl halides is 3. The highest BCUT2D eigenvalue weighted by Gasteiger charge is 2.39. The molecule has 0 bridgehead atoms. The van der Waals surface area contributed by atoms with Crippen LogP contribution in [0.25, 0.3) is 0 Å². The number of nitrogens with zero attached hydrogens (tertiary/aromatic N) is 1. The van der Waals surface area contributed by atoms with Gasteiger partial charge in [-0.1, -0.05) is 17.7 Å². The molecule has 0 aliphatic carbocycles. The van der Waals surface area contributed by atoms with Crippen LogP contribution in [0.4, 0.5) is 24.5 Å². The number of benzene rings is 2. The molecule has 1 aliphatic rings. The van der Waals surface area contributed by atoms with Crippen LogP contribution in [0.2, 0.25) is 0 Å². The van der Waals surface area contributed by atoms with Crippen LogP contribution >= 0.6 is 11.6 Å². The monoisotopic (exact) mass is 382 g/mol. The Morgan fingerprint density at radius 1 is 1.00 bits per heavy atom. The second-order valence-corrected chi connectivity index (χ2v) is 5.73. The standard InChI is InChI=1S/C17H10ClF3N2O3/c18-13-14(22-10-3-1-2-9(8-10)17(19,20)21)16(26)23(15(13)25)11-4-6-12(24)7-5-11/h1-8,22,24H. The molecule has 5 nitrogen and oxygen atoms in total. The molecular weight excluding hydrogens is 373 g/mol. The van der Waals surface area contributed by atoms with E-state index in [1.807, 2.05) is 0 Å². The number of halogens is 4. The highest BCUT2D eigenvalue weighted by Crippen LogP contribution is 2.33. The summed E-state index contributed by atoms with van der Waals surface area (Å²) in [5, 5.41) is 11.3. The Morgan fingerprint density at radius 3 is 2.27 bits per heavy atom. The van der Waals surface area contributed by atoms with E-state index in [4.69, 9.17) is 11.6 Å². The molecule has 0 spiro atoms. The van der Waals surface area contributed by atoms with Gasteiger partial charge >= 0.3 is 6.18 Å². The molecule has 2 amide bonds. The molecule has 0 unspecified atom stereocenters. The van der Waals surface area contributed by atoms with E-state index in [2.05, 4.69) is 5.32 Å². The fourth-order valence-electron chi connectivity index (χ4n) is 2.37. The van der Waals surface area contributed by atoms with E-state index >= 15 is 0 Å². The molecule has 1 aliphatic heterocycles. The largest absolute Gasteiger partial charge is 0.508 e. The Kier molecular flexibility index (Phi) is 4.37. The number of phenolic OH excluding ortho intramolecular Hbond substituents is 1. The van der Waals surface area contributed by atoms with Crippen molar-refractivity contribution in [1.29, 1.82) is 0 Å². The lowest BCUT2D eigenvalue weighted by Crippen LogP contribution is -2.32. The van der Waals surface area contributed by atoms with Gasteiger partial charge in [0, 0.05) is 5.69 Å². The molecule has 9 heteroatoms. The first-order valence-electron chi connectivity index (χ1n) is 7.20. The third-order valence-corrected chi connectivity index (χ3v) is 3.95. The van der Waals surface area contributed by atoms with Crippen molar-refractivity contribution >= 4 is 34.8 Å². The Bertz CT molecular complexity index is 924. The van der Waals surface area contributed by atoms with Crippen molar-refractivity contribution in [3.8, 4) is 5.75 Å². The molecule has 26 heavy (non-hydrogen) atoms. The van der Waals surface area contributed by atoms with Crippen molar-refractivity contribution in [1.82, 2.24) is 0 Å². The maximum atomic E-state index is 12.8. The number of hydrogen-bond donors (Lipinski definition) is 2. The average Bonchev–Trinajstić information content (AvgIpc) is 2.79. The van der Waals surface area contributed by atoms with Gasteiger partial charge in [0.2, 0.25) is 0 Å². The van der Waals surface area contributed by atoms with Crippen molar-refractivity contribution in [3.63, 3.8) is 0 Å². The van der Waals surface area contributed by atoms with E-state index in [0.717, 1.165) is 17.0 Å². The zero-order valence-electron chi connectivity index (χ0n) is 12.8. The molecule has 2 N–H and O–H groups in total. The van der Waals surface area contributed by atoms with Crippen LogP contribution in [0, 0.1) is 0 Å². The number of nitrogens with one attached hydrogen (secondary N) is 1. The van der Waals surface area contributed by atoms with Gasteiger partial charge in [0.15, 0.2) is 0 Å². The zero-order valence-corrected chi connectivity index (χ0v) is 13.6. The predicted molar refractivity (Wildman–Crippen MR) is 88.5 cm³/mol. The fraction of sp³-hybridized carbons (Fsp3) is 0.0588. The normalized spacial score (nSPS) is 15.0. The molecule has 0 fully saturated rings. The van der Waals surface area contributed by atoms with Crippen molar-refractivity contribution in [2.45, 2.75) is 6.18 Å². The molecule has 0 atom stereocenters. The lowest BCUT2D eigenvalue weighted by molar-refractivity contribution is -0.137. The Labute approximate surface area is 150 Å². The molecule has 0 radical (unpaired) electrons. The van der Waals surface area contributed by atoms with E-state index < -0.39 is 28.6 Å². The summed E-state index contributed by atoms with van der Waals surface area (Å²) in [5.74, 6) is -1.70. The molecule has 3 rings (SSSR count). The summed E-state index contributed by atoms with van der Waals surface area (Å²) in [7, 11) is 0. The van der Waals surface area contributed by atoms with E-state index in [1.54, 1.807) is 0 Å². The molecule has 0 saturated heterocycles. The third-order valence-electron chi connectivity index (χ3n) is 3.59. The molecule has 0 saturated carbocycles. The summed E-state index contributed by atoms with van der Waals surface area (Å²) < 4.78 is 38.4. The van der Waals surface area contributed by atoms with Gasteiger partial charge in [0.1, 0.15) is 16.5 Å². The minimum atomic E-state index is -4.55. The first-order chi connectivity index (χ1) is 12.2. The van der Waals surface area contributed by atoms with Gasteiger partial charge in [-0.2, -0.15) is 13.2 Å². The van der Waals surface area contributed by atoms with Crippen molar-refractivity contribution in [2.75, 3.05) is 10.2 Å². The van der Waals surface area contributed by atoms with Crippen LogP contribution in [0.15, 0.2) is 59.3 Å². The van der Waals surface area contributed by atoms with Gasteiger partial charge in [0.25, 0.3) is 11.8 Å². The average molecular weight is 383 g/mol. The van der Waals surface area contributed by atoms with Gasteiger partial charge in [-0.15, -0.1) is 0 Å². The van der Waals surface area contributed by atoms with Crippen molar-refractivity contribution in [3.05, 3.63) is 64.8 Å². The van der Waals surface area contributed by atoms with Crippen molar-refractivity contribution in [2.24, 2.45) is 0 Å². The molecule has 2 aromatic carbocycles. The fourth-order valence-corrected chi connectivity index (χ4v) is 2.58. The predicted octanol–water partition coefficient (Wildman–Crippen LogP) is 3.85. The van der Waals surface area contributed by atoms with Crippen LogP contribution in [-0.2, 0) is 15.8 Å². The Balaban J connectivity index is 1.90. The second-order valence-electron chi connectivity index (χ2n) is 5.35. The number of amides is 2. The number of rotatable bonds is 3. The minimum absolute atomic E-state index is 0.0401. The molecule has 2 aromatic rings. The summed E-state index contributed by atoms with van der Waals surface area (Å²) in [6.07, 6.45) is -4.55. The van der Waals surface area contributed by atoms with E-state index in [0.29, 0.717) is 0 Å². The van der Waals surface area contributed by atoms with Gasteiger partial charge < -0.3 is 10.4 Å². The Morgan fingerprint density at radius 2 is 1.65 bits per heavy atom. The second kappa shape index (κ2) is 6.38. The summed E-state index contributed by atoms with van der Waals surface area (Å²) in [6.45, 7) is 0. The van der Waals surface area contributed by atoms with Crippen LogP contribution in [0.3, 0.4) is 0 Å². The van der Waals surface area contributed by atoms with Crippen LogP contribution in [0.5, 0.6) is 5.75 Å². The maximum absolute atomic E-state index is 12.8. The van der Waals surface area contributed by atoms with E-state index in [9.17, 15) is 27.9 Å². The van der Waals surface area contributed by atoms with E-state index in [1.165, 1.54) is 36.4 Å². The summed E-state index contributed by atoms with van der Waals surface area (Å²) in [5.41, 5.74) is -1.12. The first kappa shape index (κ1) is 17.8. The molecule has 0 aromatic heterocycles. The summed E-state index contributed by atoms with van der Waals surface area (Å²) in [4.78, 5) is 25.5. The van der Waals surface area contributed by atoms with Gasteiger partial charge in [-0.05, 0) is 42.5 Å². The number of hydrogen-bond acceptors (Lipinski definition) is 4. The molecule has 134 valence electrons. The lowest BCUT2D eigenvalue weighted by atomic mass is 10.2. The first-order valence-corrected chi connectivity index (χ1v) is 7.58. The van der Waals surface area contributed by atoms with Crippen LogP contribution in [0.1, 0.15) is 5.56 Å². The molecular formula is C17H10ClF3N2O3. The topological polar surface area (TPSA) is 69.6 Å². The summed E-state index contributed by atoms with van der Waals surface area (Å²) >= 11 is 5.91. The SMILES string of the molecule is O=C1C(Cl)=C(Nc2cccc(C(F)(F)F)c2)C(=O)N1c1ccc(O)cc1. The third kappa shape index (κ3) is 3.23. The Hall–Kier alpha value is -3.00. The molecule has 1 heterocycles. The number of phenols is 1. The van der Waals surface area contributed by atoms with E-state index in [-0.39, 0.29) is 22.8 Å². The minimum Gasteiger partial charge on any atom is -0.508 e. The highest BCUT2D eigenvalue weighted by atomic mass is 35.5.